The van der Waals surface area contributed by atoms with Crippen LogP contribution in [0, 0.1) is 11.7 Å². The number of benzene rings is 1. The Morgan fingerprint density at radius 3 is 2.13 bits per heavy atom. The molecule has 0 saturated carbocycles. The van der Waals surface area contributed by atoms with Crippen molar-refractivity contribution in [3.05, 3.63) is 30.1 Å². The Balaban J connectivity index is 1.36. The van der Waals surface area contributed by atoms with Crippen LogP contribution in [-0.2, 0) is 9.59 Å². The Morgan fingerprint density at radius 2 is 1.53 bits per heavy atom. The van der Waals surface area contributed by atoms with E-state index in [-0.39, 0.29) is 17.6 Å². The zero-order chi connectivity index (χ0) is 21.5. The molecule has 30 heavy (non-hydrogen) atoms. The second-order valence-corrected chi connectivity index (χ2v) is 8.57. The molecule has 3 rings (SSSR count). The molecule has 0 spiro atoms. The lowest BCUT2D eigenvalue weighted by atomic mass is 10.2. The summed E-state index contributed by atoms with van der Waals surface area (Å²) >= 11 is 0. The normalized spacial score (nSPS) is 18.7. The van der Waals surface area contributed by atoms with Gasteiger partial charge >= 0.3 is 0 Å². The number of anilines is 1. The molecule has 1 aromatic carbocycles. The topological polar surface area (TPSA) is 59.1 Å². The van der Waals surface area contributed by atoms with E-state index in [1.807, 2.05) is 15.9 Å². The molecule has 0 unspecified atom stereocenters. The van der Waals surface area contributed by atoms with Crippen molar-refractivity contribution in [1.29, 1.82) is 0 Å². The van der Waals surface area contributed by atoms with Crippen LogP contribution in [0.3, 0.4) is 0 Å². The molecule has 8 heteroatoms. The van der Waals surface area contributed by atoms with Crippen molar-refractivity contribution in [1.82, 2.24) is 20.0 Å². The van der Waals surface area contributed by atoms with E-state index in [1.54, 1.807) is 12.1 Å². The summed E-state index contributed by atoms with van der Waals surface area (Å²) in [6, 6.07) is 6.79. The van der Waals surface area contributed by atoms with E-state index >= 15 is 0 Å². The van der Waals surface area contributed by atoms with Gasteiger partial charge in [0, 0.05) is 58.9 Å². The molecule has 1 aromatic rings. The molecule has 0 aliphatic carbocycles. The molecule has 166 valence electrons. The summed E-state index contributed by atoms with van der Waals surface area (Å²) in [7, 11) is 0. The Kier molecular flexibility index (Phi) is 8.04. The van der Waals surface area contributed by atoms with Gasteiger partial charge in [0.25, 0.3) is 0 Å². The average molecular weight is 420 g/mol. The van der Waals surface area contributed by atoms with Gasteiger partial charge in [-0.3, -0.25) is 19.4 Å². The van der Waals surface area contributed by atoms with Crippen molar-refractivity contribution >= 4 is 17.5 Å². The Labute approximate surface area is 178 Å². The molecule has 2 saturated heterocycles. The lowest BCUT2D eigenvalue weighted by Gasteiger charge is -2.38. The highest BCUT2D eigenvalue weighted by Crippen LogP contribution is 2.20. The van der Waals surface area contributed by atoms with Crippen molar-refractivity contribution in [2.24, 2.45) is 5.92 Å². The fraction of sp³-hybridized carbons (Fsp3) is 0.636. The van der Waals surface area contributed by atoms with Crippen molar-refractivity contribution in [3.63, 3.8) is 0 Å². The Bertz CT molecular complexity index is 713. The van der Waals surface area contributed by atoms with Gasteiger partial charge in [-0.15, -0.1) is 0 Å². The number of piperazine rings is 2. The predicted molar refractivity (Wildman–Crippen MR) is 116 cm³/mol. The van der Waals surface area contributed by atoms with E-state index < -0.39 is 0 Å². The van der Waals surface area contributed by atoms with Crippen molar-refractivity contribution < 1.29 is 14.0 Å². The van der Waals surface area contributed by atoms with Gasteiger partial charge in [0.2, 0.25) is 11.8 Å². The minimum atomic E-state index is -0.215. The number of carbonyl (C=O) groups excluding carboxylic acids is 2. The quantitative estimate of drug-likeness (QED) is 0.711. The number of nitrogens with zero attached hydrogens (tertiary/aromatic N) is 4. The summed E-state index contributed by atoms with van der Waals surface area (Å²) in [4.78, 5) is 32.9. The number of nitrogens with one attached hydrogen (secondary N) is 1. The Hall–Kier alpha value is -2.19. The number of hydrogen-bond acceptors (Lipinski definition) is 5. The zero-order valence-electron chi connectivity index (χ0n) is 18.1. The highest BCUT2D eigenvalue weighted by molar-refractivity contribution is 5.79. The van der Waals surface area contributed by atoms with E-state index in [1.165, 1.54) is 6.07 Å². The molecule has 1 N–H and O–H groups in total. The first-order chi connectivity index (χ1) is 14.4. The summed E-state index contributed by atoms with van der Waals surface area (Å²) in [5.74, 6) is 0.436. The zero-order valence-corrected chi connectivity index (χ0v) is 18.1. The molecule has 0 bridgehead atoms. The fourth-order valence-electron chi connectivity index (χ4n) is 3.88. The van der Waals surface area contributed by atoms with Crippen LogP contribution in [0.1, 0.15) is 13.8 Å². The molecular formula is C22H34FN5O2. The van der Waals surface area contributed by atoms with Crippen LogP contribution in [0.5, 0.6) is 0 Å². The van der Waals surface area contributed by atoms with Crippen LogP contribution < -0.4 is 10.2 Å². The molecule has 2 aliphatic rings. The number of rotatable bonds is 7. The van der Waals surface area contributed by atoms with Crippen molar-refractivity contribution in [2.45, 2.75) is 13.8 Å². The van der Waals surface area contributed by atoms with Crippen molar-refractivity contribution in [2.75, 3.05) is 76.9 Å². The lowest BCUT2D eigenvalue weighted by molar-refractivity contribution is -0.133. The second-order valence-electron chi connectivity index (χ2n) is 8.57. The number of amides is 2. The van der Waals surface area contributed by atoms with E-state index in [4.69, 9.17) is 0 Å². The molecule has 2 aliphatic heterocycles. The molecule has 2 heterocycles. The SMILES string of the molecule is CC(C)CNC(=O)CN1CCN(CC(=O)N2CCN(c3ccccc3F)CC2)CC1. The Morgan fingerprint density at radius 1 is 0.933 bits per heavy atom. The molecule has 0 radical (unpaired) electrons. The fourth-order valence-corrected chi connectivity index (χ4v) is 3.88. The van der Waals surface area contributed by atoms with Crippen LogP contribution in [-0.4, -0.2) is 98.5 Å². The predicted octanol–water partition coefficient (Wildman–Crippen LogP) is 0.864. The van der Waals surface area contributed by atoms with Gasteiger partial charge in [0.05, 0.1) is 18.8 Å². The third-order valence-electron chi connectivity index (χ3n) is 5.72. The lowest BCUT2D eigenvalue weighted by Crippen LogP contribution is -2.54. The van der Waals surface area contributed by atoms with Gasteiger partial charge in [0.1, 0.15) is 5.82 Å². The summed E-state index contributed by atoms with van der Waals surface area (Å²) in [5.41, 5.74) is 0.609. The smallest absolute Gasteiger partial charge is 0.236 e. The van der Waals surface area contributed by atoms with E-state index in [0.29, 0.717) is 57.4 Å². The van der Waals surface area contributed by atoms with Crippen LogP contribution in [0.25, 0.3) is 0 Å². The second kappa shape index (κ2) is 10.7. The number of para-hydroxylation sites is 1. The minimum absolute atomic E-state index is 0.0703. The van der Waals surface area contributed by atoms with Crippen LogP contribution in [0.2, 0.25) is 0 Å². The maximum absolute atomic E-state index is 14.0. The number of carbonyl (C=O) groups is 2. The first-order valence-corrected chi connectivity index (χ1v) is 10.9. The van der Waals surface area contributed by atoms with Crippen LogP contribution in [0.15, 0.2) is 24.3 Å². The standard InChI is InChI=1S/C22H34FN5O2/c1-18(2)15-24-21(29)16-25-7-9-26(10-8-25)17-22(30)28-13-11-27(12-14-28)20-6-4-3-5-19(20)23/h3-6,18H,7-17H2,1-2H3,(H,24,29). The van der Waals surface area contributed by atoms with Gasteiger partial charge < -0.3 is 15.1 Å². The van der Waals surface area contributed by atoms with Crippen LogP contribution in [0.4, 0.5) is 10.1 Å². The molecule has 0 atom stereocenters. The van der Waals surface area contributed by atoms with Gasteiger partial charge in [-0.05, 0) is 18.1 Å². The van der Waals surface area contributed by atoms with Crippen molar-refractivity contribution in [3.8, 4) is 0 Å². The minimum Gasteiger partial charge on any atom is -0.366 e. The third-order valence-corrected chi connectivity index (χ3v) is 5.72. The molecule has 2 fully saturated rings. The molecule has 7 nitrogen and oxygen atoms in total. The highest BCUT2D eigenvalue weighted by Gasteiger charge is 2.26. The van der Waals surface area contributed by atoms with Gasteiger partial charge in [0.15, 0.2) is 0 Å². The maximum atomic E-state index is 14.0. The van der Waals surface area contributed by atoms with E-state index in [2.05, 4.69) is 29.0 Å². The average Bonchev–Trinajstić information content (AvgIpc) is 2.74. The first-order valence-electron chi connectivity index (χ1n) is 10.9. The summed E-state index contributed by atoms with van der Waals surface area (Å²) in [6.45, 7) is 11.4. The molecule has 0 aromatic heterocycles. The number of hydrogen-bond donors (Lipinski definition) is 1. The van der Waals surface area contributed by atoms with Gasteiger partial charge in [-0.25, -0.2) is 4.39 Å². The van der Waals surface area contributed by atoms with E-state index in [9.17, 15) is 14.0 Å². The van der Waals surface area contributed by atoms with Gasteiger partial charge in [-0.1, -0.05) is 26.0 Å². The third kappa shape index (κ3) is 6.40. The van der Waals surface area contributed by atoms with Gasteiger partial charge in [-0.2, -0.15) is 0 Å². The largest absolute Gasteiger partial charge is 0.366 e. The van der Waals surface area contributed by atoms with E-state index in [0.717, 1.165) is 26.2 Å². The van der Waals surface area contributed by atoms with Crippen LogP contribution >= 0.6 is 0 Å². The monoisotopic (exact) mass is 419 g/mol. The highest BCUT2D eigenvalue weighted by atomic mass is 19.1. The summed E-state index contributed by atoms with van der Waals surface area (Å²) in [5, 5.41) is 2.95. The molecule has 2 amide bonds. The molecular weight excluding hydrogens is 385 g/mol. The first kappa shape index (κ1) is 22.5. The number of halogens is 1. The summed E-state index contributed by atoms with van der Waals surface area (Å²) < 4.78 is 14.0. The maximum Gasteiger partial charge on any atom is 0.236 e. The summed E-state index contributed by atoms with van der Waals surface area (Å²) in [6.07, 6.45) is 0.